The Balaban J connectivity index is 1.57. The van der Waals surface area contributed by atoms with Crippen LogP contribution in [-0.2, 0) is 21.8 Å². The highest BCUT2D eigenvalue weighted by atomic mass is 35.5. The van der Waals surface area contributed by atoms with E-state index in [-0.39, 0.29) is 5.41 Å². The van der Waals surface area contributed by atoms with Gasteiger partial charge in [-0.15, -0.1) is 0 Å². The van der Waals surface area contributed by atoms with E-state index in [1.54, 1.807) is 12.1 Å². The van der Waals surface area contributed by atoms with Crippen LogP contribution in [0.1, 0.15) is 36.8 Å². The molecule has 0 bridgehead atoms. The maximum absolute atomic E-state index is 11.5. The highest BCUT2D eigenvalue weighted by Gasteiger charge is 2.35. The number of halogens is 1. The molecule has 0 unspecified atom stereocenters. The SMILES string of the molecule is CS(=O)(=O)c1ccc(CNC2CCC(CN)(c3cccc(Cl)c3)CC2)cc1. The number of rotatable bonds is 6. The van der Waals surface area contributed by atoms with Gasteiger partial charge in [-0.05, 0) is 61.1 Å². The maximum Gasteiger partial charge on any atom is 0.175 e. The summed E-state index contributed by atoms with van der Waals surface area (Å²) in [5.74, 6) is 0. The number of sulfone groups is 1. The van der Waals surface area contributed by atoms with Crippen molar-refractivity contribution in [2.24, 2.45) is 5.73 Å². The van der Waals surface area contributed by atoms with Crippen LogP contribution in [0.5, 0.6) is 0 Å². The largest absolute Gasteiger partial charge is 0.330 e. The molecule has 1 aliphatic rings. The van der Waals surface area contributed by atoms with Crippen LogP contribution in [0, 0.1) is 0 Å². The molecule has 4 nitrogen and oxygen atoms in total. The fourth-order valence-electron chi connectivity index (χ4n) is 3.92. The molecule has 2 aromatic rings. The first-order valence-electron chi connectivity index (χ1n) is 9.31. The Morgan fingerprint density at radius 2 is 1.81 bits per heavy atom. The normalized spacial score (nSPS) is 23.3. The molecule has 0 aliphatic heterocycles. The van der Waals surface area contributed by atoms with E-state index in [0.717, 1.165) is 42.8 Å². The van der Waals surface area contributed by atoms with Crippen LogP contribution in [0.3, 0.4) is 0 Å². The van der Waals surface area contributed by atoms with Gasteiger partial charge in [0.2, 0.25) is 0 Å². The molecule has 27 heavy (non-hydrogen) atoms. The lowest BCUT2D eigenvalue weighted by Crippen LogP contribution is -2.43. The van der Waals surface area contributed by atoms with Crippen LogP contribution in [0.15, 0.2) is 53.4 Å². The van der Waals surface area contributed by atoms with E-state index in [2.05, 4.69) is 11.4 Å². The zero-order chi connectivity index (χ0) is 19.5. The Labute approximate surface area is 167 Å². The summed E-state index contributed by atoms with van der Waals surface area (Å²) in [6.07, 6.45) is 5.42. The van der Waals surface area contributed by atoms with Gasteiger partial charge in [0, 0.05) is 35.8 Å². The summed E-state index contributed by atoms with van der Waals surface area (Å²) in [5.41, 5.74) is 8.52. The molecule has 1 aliphatic carbocycles. The second-order valence-electron chi connectivity index (χ2n) is 7.57. The van der Waals surface area contributed by atoms with Crippen molar-refractivity contribution >= 4 is 21.4 Å². The standard InChI is InChI=1S/C21H27ClN2O2S/c1-27(25,26)20-7-5-16(6-8-20)14-24-19-9-11-21(15-23,12-10-19)17-3-2-4-18(22)13-17/h2-8,13,19,24H,9-12,14-15,23H2,1H3. The molecule has 1 fully saturated rings. The van der Waals surface area contributed by atoms with Crippen molar-refractivity contribution in [3.8, 4) is 0 Å². The lowest BCUT2D eigenvalue weighted by atomic mass is 9.68. The topological polar surface area (TPSA) is 72.2 Å². The van der Waals surface area contributed by atoms with Crippen LogP contribution in [-0.4, -0.2) is 27.3 Å². The molecular formula is C21H27ClN2O2S. The van der Waals surface area contributed by atoms with Gasteiger partial charge in [0.25, 0.3) is 0 Å². The number of hydrogen-bond donors (Lipinski definition) is 2. The third-order valence-corrected chi connectivity index (χ3v) is 7.08. The molecule has 0 radical (unpaired) electrons. The fourth-order valence-corrected chi connectivity index (χ4v) is 4.74. The lowest BCUT2D eigenvalue weighted by Gasteiger charge is -2.40. The molecule has 0 spiro atoms. The van der Waals surface area contributed by atoms with Crippen molar-refractivity contribution in [2.45, 2.75) is 48.6 Å². The molecule has 3 rings (SSSR count). The Morgan fingerprint density at radius 3 is 2.37 bits per heavy atom. The van der Waals surface area contributed by atoms with Gasteiger partial charge >= 0.3 is 0 Å². The highest BCUT2D eigenvalue weighted by Crippen LogP contribution is 2.39. The zero-order valence-electron chi connectivity index (χ0n) is 15.6. The smallest absolute Gasteiger partial charge is 0.175 e. The van der Waals surface area contributed by atoms with Gasteiger partial charge in [0.15, 0.2) is 9.84 Å². The average molecular weight is 407 g/mol. The van der Waals surface area contributed by atoms with E-state index in [0.29, 0.717) is 17.5 Å². The average Bonchev–Trinajstić information content (AvgIpc) is 2.66. The van der Waals surface area contributed by atoms with Crippen molar-refractivity contribution < 1.29 is 8.42 Å². The van der Waals surface area contributed by atoms with Gasteiger partial charge in [-0.2, -0.15) is 0 Å². The summed E-state index contributed by atoms with van der Waals surface area (Å²) >= 11 is 6.18. The van der Waals surface area contributed by atoms with Gasteiger partial charge < -0.3 is 11.1 Å². The van der Waals surface area contributed by atoms with Crippen molar-refractivity contribution in [1.82, 2.24) is 5.32 Å². The molecule has 6 heteroatoms. The highest BCUT2D eigenvalue weighted by molar-refractivity contribution is 7.90. The zero-order valence-corrected chi connectivity index (χ0v) is 17.2. The fraction of sp³-hybridized carbons (Fsp3) is 0.429. The van der Waals surface area contributed by atoms with E-state index < -0.39 is 9.84 Å². The van der Waals surface area contributed by atoms with Crippen molar-refractivity contribution in [3.63, 3.8) is 0 Å². The van der Waals surface area contributed by atoms with E-state index in [1.807, 2.05) is 30.3 Å². The van der Waals surface area contributed by atoms with Crippen LogP contribution in [0.25, 0.3) is 0 Å². The summed E-state index contributed by atoms with van der Waals surface area (Å²) < 4.78 is 23.1. The van der Waals surface area contributed by atoms with Crippen LogP contribution < -0.4 is 11.1 Å². The minimum atomic E-state index is -3.14. The monoisotopic (exact) mass is 406 g/mol. The minimum Gasteiger partial charge on any atom is -0.330 e. The summed E-state index contributed by atoms with van der Waals surface area (Å²) in [7, 11) is -3.14. The third kappa shape index (κ3) is 4.91. The third-order valence-electron chi connectivity index (χ3n) is 5.72. The van der Waals surface area contributed by atoms with Crippen molar-refractivity contribution in [1.29, 1.82) is 0 Å². The molecule has 3 N–H and O–H groups in total. The predicted molar refractivity (Wildman–Crippen MR) is 111 cm³/mol. The van der Waals surface area contributed by atoms with Gasteiger partial charge in [0.05, 0.1) is 4.90 Å². The quantitative estimate of drug-likeness (QED) is 0.767. The lowest BCUT2D eigenvalue weighted by molar-refractivity contribution is 0.251. The Morgan fingerprint density at radius 1 is 1.15 bits per heavy atom. The van der Waals surface area contributed by atoms with Gasteiger partial charge in [-0.3, -0.25) is 0 Å². The van der Waals surface area contributed by atoms with Gasteiger partial charge in [-0.25, -0.2) is 8.42 Å². The molecule has 0 aromatic heterocycles. The van der Waals surface area contributed by atoms with Crippen molar-refractivity contribution in [3.05, 3.63) is 64.7 Å². The van der Waals surface area contributed by atoms with Gasteiger partial charge in [0.1, 0.15) is 0 Å². The Bertz CT molecular complexity index is 873. The first kappa shape index (κ1) is 20.3. The minimum absolute atomic E-state index is 0.0141. The number of hydrogen-bond acceptors (Lipinski definition) is 4. The summed E-state index contributed by atoms with van der Waals surface area (Å²) in [5, 5.41) is 4.37. The first-order valence-corrected chi connectivity index (χ1v) is 11.6. The molecule has 1 saturated carbocycles. The molecule has 0 heterocycles. The summed E-state index contributed by atoms with van der Waals surface area (Å²) in [4.78, 5) is 0.359. The second kappa shape index (κ2) is 8.31. The molecule has 2 aromatic carbocycles. The predicted octanol–water partition coefficient (Wildman–Crippen LogP) is 3.67. The number of nitrogens with one attached hydrogen (secondary N) is 1. The van der Waals surface area contributed by atoms with E-state index in [9.17, 15) is 8.42 Å². The molecule has 0 atom stereocenters. The van der Waals surface area contributed by atoms with E-state index in [4.69, 9.17) is 17.3 Å². The number of nitrogens with two attached hydrogens (primary N) is 1. The molecular weight excluding hydrogens is 380 g/mol. The van der Waals surface area contributed by atoms with Crippen molar-refractivity contribution in [2.75, 3.05) is 12.8 Å². The molecule has 146 valence electrons. The number of benzene rings is 2. The van der Waals surface area contributed by atoms with Crippen LogP contribution in [0.2, 0.25) is 5.02 Å². The van der Waals surface area contributed by atoms with Crippen LogP contribution in [0.4, 0.5) is 0 Å². The Hall–Kier alpha value is -1.40. The van der Waals surface area contributed by atoms with Gasteiger partial charge in [-0.1, -0.05) is 35.9 Å². The second-order valence-corrected chi connectivity index (χ2v) is 10.0. The van der Waals surface area contributed by atoms with E-state index in [1.165, 1.54) is 11.8 Å². The Kier molecular flexibility index (Phi) is 6.26. The van der Waals surface area contributed by atoms with Crippen LogP contribution >= 0.6 is 11.6 Å². The molecule has 0 saturated heterocycles. The summed E-state index contributed by atoms with van der Waals surface area (Å²) in [6.45, 7) is 1.37. The summed E-state index contributed by atoms with van der Waals surface area (Å²) in [6, 6.07) is 15.6. The molecule has 0 amide bonds. The first-order chi connectivity index (χ1) is 12.8. The maximum atomic E-state index is 11.5. The van der Waals surface area contributed by atoms with E-state index >= 15 is 0 Å².